The fourth-order valence-corrected chi connectivity index (χ4v) is 1.57. The third-order valence-corrected chi connectivity index (χ3v) is 2.50. The van der Waals surface area contributed by atoms with Crippen LogP contribution in [0.5, 0.6) is 0 Å². The van der Waals surface area contributed by atoms with E-state index in [1.54, 1.807) is 37.1 Å². The Kier molecular flexibility index (Phi) is 4.87. The number of carbonyl (C=O) groups is 1. The predicted molar refractivity (Wildman–Crippen MR) is 73.7 cm³/mol. The van der Waals surface area contributed by atoms with E-state index >= 15 is 0 Å². The summed E-state index contributed by atoms with van der Waals surface area (Å²) < 4.78 is 1.83. The van der Waals surface area contributed by atoms with Crippen LogP contribution in [0.4, 0.5) is 5.82 Å². The summed E-state index contributed by atoms with van der Waals surface area (Å²) in [5.74, 6) is 5.63. The lowest BCUT2D eigenvalue weighted by atomic mass is 10.2. The third-order valence-electron chi connectivity index (χ3n) is 2.50. The van der Waals surface area contributed by atoms with Gasteiger partial charge in [-0.2, -0.15) is 0 Å². The average Bonchev–Trinajstić information content (AvgIpc) is 2.97. The number of aliphatic hydroxyl groups is 1. The van der Waals surface area contributed by atoms with Gasteiger partial charge in [-0.3, -0.25) is 4.79 Å². The van der Waals surface area contributed by atoms with E-state index in [4.69, 9.17) is 5.11 Å². The lowest BCUT2D eigenvalue weighted by Crippen LogP contribution is -2.14. The van der Waals surface area contributed by atoms with E-state index in [9.17, 15) is 4.79 Å². The highest BCUT2D eigenvalue weighted by Gasteiger charge is 2.04. The summed E-state index contributed by atoms with van der Waals surface area (Å²) in [7, 11) is 0. The van der Waals surface area contributed by atoms with Gasteiger partial charge < -0.3 is 15.0 Å². The maximum Gasteiger partial charge on any atom is 0.227 e. The molecule has 0 bridgehead atoms. The fraction of sp³-hybridized carbons (Fsp3) is 0.214. The van der Waals surface area contributed by atoms with Crippen LogP contribution in [-0.2, 0) is 11.3 Å². The molecule has 2 rings (SSSR count). The molecule has 0 fully saturated rings. The highest BCUT2D eigenvalue weighted by atomic mass is 16.2. The number of amides is 1. The Bertz CT molecular complexity index is 626. The number of imidazole rings is 1. The number of aliphatic hydroxyl groups excluding tert-OH is 1. The second-order valence-electron chi connectivity index (χ2n) is 3.99. The quantitative estimate of drug-likeness (QED) is 0.799. The number of carbonyl (C=O) groups excluding carboxylic acids is 1. The van der Waals surface area contributed by atoms with E-state index in [1.165, 1.54) is 0 Å². The molecular formula is C14H14N4O2. The van der Waals surface area contributed by atoms with Crippen molar-refractivity contribution in [1.29, 1.82) is 0 Å². The van der Waals surface area contributed by atoms with Gasteiger partial charge >= 0.3 is 0 Å². The largest absolute Gasteiger partial charge is 0.384 e. The van der Waals surface area contributed by atoms with Crippen molar-refractivity contribution in [2.24, 2.45) is 0 Å². The molecule has 20 heavy (non-hydrogen) atoms. The first-order chi connectivity index (χ1) is 9.78. The van der Waals surface area contributed by atoms with Crippen molar-refractivity contribution in [3.63, 3.8) is 0 Å². The molecule has 0 aliphatic rings. The van der Waals surface area contributed by atoms with Gasteiger partial charge in [-0.25, -0.2) is 9.97 Å². The van der Waals surface area contributed by atoms with Gasteiger partial charge in [0, 0.05) is 37.1 Å². The SMILES string of the molecule is O=C(CCn1ccnc1)Nc1cc(C#CCO)ccn1. The first-order valence-electron chi connectivity index (χ1n) is 6.09. The molecule has 0 unspecified atom stereocenters. The second kappa shape index (κ2) is 7.07. The molecule has 1 amide bonds. The van der Waals surface area contributed by atoms with Gasteiger partial charge in [-0.15, -0.1) is 0 Å². The molecule has 0 saturated carbocycles. The van der Waals surface area contributed by atoms with Gasteiger partial charge in [-0.1, -0.05) is 11.8 Å². The monoisotopic (exact) mass is 270 g/mol. The molecule has 6 nitrogen and oxygen atoms in total. The van der Waals surface area contributed by atoms with Gasteiger partial charge in [0.15, 0.2) is 0 Å². The van der Waals surface area contributed by atoms with Crippen molar-refractivity contribution in [1.82, 2.24) is 14.5 Å². The summed E-state index contributed by atoms with van der Waals surface area (Å²) in [6.45, 7) is 0.366. The topological polar surface area (TPSA) is 80.0 Å². The molecule has 0 spiro atoms. The molecule has 2 aromatic heterocycles. The maximum atomic E-state index is 11.8. The van der Waals surface area contributed by atoms with E-state index in [0.717, 1.165) is 0 Å². The number of rotatable bonds is 4. The molecule has 0 aliphatic carbocycles. The van der Waals surface area contributed by atoms with Crippen LogP contribution in [-0.4, -0.2) is 32.2 Å². The van der Waals surface area contributed by atoms with Crippen molar-refractivity contribution < 1.29 is 9.90 Å². The van der Waals surface area contributed by atoms with E-state index in [2.05, 4.69) is 27.1 Å². The minimum absolute atomic E-state index is 0.126. The zero-order chi connectivity index (χ0) is 14.2. The first kappa shape index (κ1) is 13.8. The maximum absolute atomic E-state index is 11.8. The van der Waals surface area contributed by atoms with Crippen molar-refractivity contribution in [3.05, 3.63) is 42.6 Å². The van der Waals surface area contributed by atoms with Gasteiger partial charge in [0.25, 0.3) is 0 Å². The number of hydrogen-bond donors (Lipinski definition) is 2. The first-order valence-corrected chi connectivity index (χ1v) is 6.09. The number of pyridine rings is 1. The molecule has 0 aliphatic heterocycles. The van der Waals surface area contributed by atoms with E-state index in [1.807, 2.05) is 4.57 Å². The van der Waals surface area contributed by atoms with Crippen LogP contribution < -0.4 is 5.32 Å². The summed E-state index contributed by atoms with van der Waals surface area (Å²) in [5.41, 5.74) is 0.693. The molecule has 0 aromatic carbocycles. The number of aryl methyl sites for hydroxylation is 1. The number of hydrogen-bond acceptors (Lipinski definition) is 4. The number of nitrogens with zero attached hydrogens (tertiary/aromatic N) is 3. The van der Waals surface area contributed by atoms with Crippen LogP contribution in [0.3, 0.4) is 0 Å². The van der Waals surface area contributed by atoms with Crippen LogP contribution in [0.2, 0.25) is 0 Å². The molecule has 0 saturated heterocycles. The van der Waals surface area contributed by atoms with Gasteiger partial charge in [0.2, 0.25) is 5.91 Å². The van der Waals surface area contributed by atoms with Crippen LogP contribution in [0.1, 0.15) is 12.0 Å². The van der Waals surface area contributed by atoms with Crippen LogP contribution in [0, 0.1) is 11.8 Å². The molecule has 2 heterocycles. The number of aromatic nitrogens is 3. The molecular weight excluding hydrogens is 256 g/mol. The van der Waals surface area contributed by atoms with Crippen molar-refractivity contribution in [3.8, 4) is 11.8 Å². The third kappa shape index (κ3) is 4.23. The minimum Gasteiger partial charge on any atom is -0.384 e. The lowest BCUT2D eigenvalue weighted by Gasteiger charge is -2.05. The predicted octanol–water partition coefficient (Wildman–Crippen LogP) is 0.651. The lowest BCUT2D eigenvalue weighted by molar-refractivity contribution is -0.116. The molecule has 0 radical (unpaired) electrons. The van der Waals surface area contributed by atoms with E-state index < -0.39 is 0 Å². The number of nitrogens with one attached hydrogen (secondary N) is 1. The smallest absolute Gasteiger partial charge is 0.227 e. The number of anilines is 1. The Morgan fingerprint density at radius 1 is 1.45 bits per heavy atom. The molecule has 2 N–H and O–H groups in total. The molecule has 2 aromatic rings. The highest BCUT2D eigenvalue weighted by molar-refractivity contribution is 5.89. The Hall–Kier alpha value is -2.65. The van der Waals surface area contributed by atoms with Crippen LogP contribution >= 0.6 is 0 Å². The van der Waals surface area contributed by atoms with Gasteiger partial charge in [0.1, 0.15) is 12.4 Å². The molecule has 6 heteroatoms. The summed E-state index contributed by atoms with van der Waals surface area (Å²) in [5, 5.41) is 11.3. The Morgan fingerprint density at radius 3 is 3.10 bits per heavy atom. The van der Waals surface area contributed by atoms with E-state index in [-0.39, 0.29) is 12.5 Å². The van der Waals surface area contributed by atoms with Gasteiger partial charge in [-0.05, 0) is 12.1 Å². The van der Waals surface area contributed by atoms with Gasteiger partial charge in [0.05, 0.1) is 6.33 Å². The summed E-state index contributed by atoms with van der Waals surface area (Å²) in [4.78, 5) is 19.7. The minimum atomic E-state index is -0.199. The molecule has 102 valence electrons. The zero-order valence-corrected chi connectivity index (χ0v) is 10.8. The average molecular weight is 270 g/mol. The van der Waals surface area contributed by atoms with Crippen molar-refractivity contribution >= 4 is 11.7 Å². The zero-order valence-electron chi connectivity index (χ0n) is 10.8. The van der Waals surface area contributed by atoms with Crippen molar-refractivity contribution in [2.45, 2.75) is 13.0 Å². The summed E-state index contributed by atoms with van der Waals surface area (Å²) in [6, 6.07) is 3.38. The Labute approximate surface area is 116 Å². The summed E-state index contributed by atoms with van der Waals surface area (Å²) >= 11 is 0. The normalized spacial score (nSPS) is 9.65. The second-order valence-corrected chi connectivity index (χ2v) is 3.99. The van der Waals surface area contributed by atoms with Crippen LogP contribution in [0.15, 0.2) is 37.1 Å². The van der Waals surface area contributed by atoms with E-state index in [0.29, 0.717) is 24.3 Å². The van der Waals surface area contributed by atoms with Crippen molar-refractivity contribution in [2.75, 3.05) is 11.9 Å². The Morgan fingerprint density at radius 2 is 2.35 bits per heavy atom. The van der Waals surface area contributed by atoms with Crippen LogP contribution in [0.25, 0.3) is 0 Å². The molecule has 0 atom stereocenters. The standard InChI is InChI=1S/C14H14N4O2/c19-9-1-2-12-3-5-16-13(10-12)17-14(20)4-7-18-8-6-15-11-18/h3,5-6,8,10-11,19H,4,7,9H2,(H,16,17,20). The fourth-order valence-electron chi connectivity index (χ4n) is 1.57. The highest BCUT2D eigenvalue weighted by Crippen LogP contribution is 2.06. The Balaban J connectivity index is 1.90. The summed E-state index contributed by atoms with van der Waals surface area (Å²) in [6.07, 6.45) is 7.04.